The van der Waals surface area contributed by atoms with Crippen molar-refractivity contribution in [2.24, 2.45) is 0 Å². The minimum absolute atomic E-state index is 0.0435. The number of carbonyl (C=O) groups excluding carboxylic acids is 1. The fourth-order valence-electron chi connectivity index (χ4n) is 6.53. The van der Waals surface area contributed by atoms with E-state index >= 15 is 4.39 Å². The number of rotatable bonds is 9. The number of aryl methyl sites for hydroxylation is 1. The summed E-state index contributed by atoms with van der Waals surface area (Å²) in [5.74, 6) is -6.61. The van der Waals surface area contributed by atoms with Gasteiger partial charge in [0.05, 0.1) is 10.0 Å². The Morgan fingerprint density at radius 3 is 2.64 bits per heavy atom. The molecule has 2 saturated heterocycles. The largest absolute Gasteiger partial charge is 0.479 e. The lowest BCUT2D eigenvalue weighted by molar-refractivity contribution is -0.182. The van der Waals surface area contributed by atoms with E-state index in [4.69, 9.17) is 26.2 Å². The lowest BCUT2D eigenvalue weighted by Gasteiger charge is -2.45. The molecule has 47 heavy (non-hydrogen) atoms. The number of para-hydroxylation sites is 1. The van der Waals surface area contributed by atoms with Gasteiger partial charge >= 0.3 is 11.9 Å². The Balaban J connectivity index is 1.14. The number of nitrogens with zero attached hydrogens (tertiary/aromatic N) is 4. The quantitative estimate of drug-likeness (QED) is 0.282. The van der Waals surface area contributed by atoms with Crippen LogP contribution in [-0.4, -0.2) is 91.5 Å². The third kappa shape index (κ3) is 6.67. The Morgan fingerprint density at radius 1 is 1.17 bits per heavy atom. The van der Waals surface area contributed by atoms with Crippen LogP contribution in [0.3, 0.4) is 0 Å². The van der Waals surface area contributed by atoms with Gasteiger partial charge in [-0.3, -0.25) is 9.80 Å². The Hall–Kier alpha value is -3.05. The van der Waals surface area contributed by atoms with Gasteiger partial charge in [-0.05, 0) is 50.3 Å². The van der Waals surface area contributed by atoms with Gasteiger partial charge in [-0.15, -0.1) is 11.3 Å². The predicted molar refractivity (Wildman–Crippen MR) is 163 cm³/mol. The number of aliphatic carboxylic acids is 1. The average Bonchev–Trinajstić information content (AvgIpc) is 3.75. The van der Waals surface area contributed by atoms with Crippen LogP contribution in [-0.2, 0) is 43.7 Å². The van der Waals surface area contributed by atoms with Gasteiger partial charge in [0.25, 0.3) is 5.92 Å². The number of aromatic nitrogens is 2. The molecule has 16 heteroatoms. The summed E-state index contributed by atoms with van der Waals surface area (Å²) in [5.41, 5.74) is 1.49. The number of hydrogen-bond donors (Lipinski definition) is 3. The first-order valence-corrected chi connectivity index (χ1v) is 16.4. The number of piperidine rings is 1. The summed E-state index contributed by atoms with van der Waals surface area (Å²) in [7, 11) is 0. The predicted octanol–water partition coefficient (Wildman–Crippen LogP) is 3.92. The average molecular weight is 699 g/mol. The molecule has 2 aromatic heterocycles. The molecule has 0 saturated carbocycles. The molecule has 254 valence electrons. The molecule has 6 rings (SSSR count). The number of alkyl halides is 2. The number of hydrogen-bond acceptors (Lipinski definition) is 10. The summed E-state index contributed by atoms with van der Waals surface area (Å²) in [6.07, 6.45) is -1.54. The summed E-state index contributed by atoms with van der Waals surface area (Å²) in [6.45, 7) is 3.49. The number of esters is 1. The zero-order valence-electron chi connectivity index (χ0n) is 25.4. The first-order valence-electron chi connectivity index (χ1n) is 15.2. The molecule has 0 bridgehead atoms. The maximum atomic E-state index is 15.4. The van der Waals surface area contributed by atoms with Crippen LogP contribution in [0, 0.1) is 12.7 Å². The Bertz CT molecular complexity index is 1660. The van der Waals surface area contributed by atoms with Gasteiger partial charge < -0.3 is 24.8 Å². The van der Waals surface area contributed by atoms with Crippen molar-refractivity contribution in [3.05, 3.63) is 67.9 Å². The Kier molecular flexibility index (Phi) is 9.43. The van der Waals surface area contributed by atoms with Crippen molar-refractivity contribution in [2.45, 2.75) is 75.7 Å². The van der Waals surface area contributed by atoms with E-state index in [0.717, 1.165) is 16.9 Å². The van der Waals surface area contributed by atoms with Gasteiger partial charge in [-0.1, -0.05) is 23.7 Å². The molecule has 3 aromatic rings. The lowest BCUT2D eigenvalue weighted by Crippen LogP contribution is -2.48. The van der Waals surface area contributed by atoms with Crippen molar-refractivity contribution in [1.29, 1.82) is 0 Å². The molecule has 0 aliphatic carbocycles. The molecule has 5 heterocycles. The number of aliphatic hydroxyl groups is 2. The summed E-state index contributed by atoms with van der Waals surface area (Å²) in [4.78, 5) is 27.7. The highest BCUT2D eigenvalue weighted by Crippen LogP contribution is 2.52. The minimum Gasteiger partial charge on any atom is -0.479 e. The second-order valence-electron chi connectivity index (χ2n) is 12.2. The van der Waals surface area contributed by atoms with Gasteiger partial charge in [0.1, 0.15) is 23.7 Å². The first-order chi connectivity index (χ1) is 22.3. The van der Waals surface area contributed by atoms with Crippen LogP contribution in [0.1, 0.15) is 52.9 Å². The lowest BCUT2D eigenvalue weighted by atomic mass is 9.84. The van der Waals surface area contributed by atoms with Crippen LogP contribution in [0.4, 0.5) is 13.2 Å². The van der Waals surface area contributed by atoms with Gasteiger partial charge in [0.15, 0.2) is 18.4 Å². The van der Waals surface area contributed by atoms with Crippen molar-refractivity contribution in [3.63, 3.8) is 0 Å². The minimum atomic E-state index is -3.08. The van der Waals surface area contributed by atoms with Crippen molar-refractivity contribution in [3.8, 4) is 5.69 Å². The molecule has 3 aliphatic rings. The number of carbonyl (C=O) groups is 2. The molecule has 11 nitrogen and oxygen atoms in total. The van der Waals surface area contributed by atoms with Gasteiger partial charge in [0, 0.05) is 54.9 Å². The third-order valence-corrected chi connectivity index (χ3v) is 10.6. The van der Waals surface area contributed by atoms with E-state index in [1.807, 2.05) is 6.92 Å². The van der Waals surface area contributed by atoms with E-state index in [-0.39, 0.29) is 17.8 Å². The fraction of sp³-hybridized carbons (Fsp3) is 0.516. The van der Waals surface area contributed by atoms with Gasteiger partial charge in [-0.25, -0.2) is 18.7 Å². The number of carboxylic acids is 1. The van der Waals surface area contributed by atoms with Crippen molar-refractivity contribution >= 4 is 34.9 Å². The summed E-state index contributed by atoms with van der Waals surface area (Å²) < 4.78 is 57.4. The van der Waals surface area contributed by atoms with Gasteiger partial charge in [0.2, 0.25) is 0 Å². The van der Waals surface area contributed by atoms with E-state index in [0.29, 0.717) is 72.3 Å². The number of benzene rings is 1. The van der Waals surface area contributed by atoms with Crippen molar-refractivity contribution < 1.29 is 47.6 Å². The molecule has 1 unspecified atom stereocenters. The van der Waals surface area contributed by atoms with E-state index in [9.17, 15) is 28.6 Å². The number of carboxylic acid groups (broad SMARTS) is 1. The zero-order valence-corrected chi connectivity index (χ0v) is 26.9. The molecule has 0 amide bonds. The monoisotopic (exact) mass is 698 g/mol. The smallest absolute Gasteiger partial charge is 0.339 e. The SMILES string of the molecule is Cc1nn(-c2c(F)cccc2CN2CCCC2OC(=O)[C@H](O)[C@@H](O)C(=O)O)cc1CN1CCC2(CC1)OCC(F)(F)c1cc(Cl)sc12. The standard InChI is InChI=1S/C31H34ClF3N4O7S/c1-17-19(13-37-10-7-30(8-11-37)27-20(12-22(32)47-27)31(34,35)16-45-30)15-39(36-17)24-18(4-2-5-21(24)33)14-38-9-3-6-23(38)46-29(44)26(41)25(40)28(42)43/h2,4-5,12,15,23,25-26,40-41H,3,6-11,13-14,16H2,1H3,(H,42,43)/t23?,25-,26-/m1/s1. The molecule has 3 aliphatic heterocycles. The van der Waals surface area contributed by atoms with Crippen LogP contribution < -0.4 is 0 Å². The topological polar surface area (TPSA) is 138 Å². The molecule has 3 atom stereocenters. The third-order valence-electron chi connectivity index (χ3n) is 9.12. The van der Waals surface area contributed by atoms with Crippen LogP contribution in [0.25, 0.3) is 5.69 Å². The van der Waals surface area contributed by atoms with Crippen LogP contribution >= 0.6 is 22.9 Å². The molecular weight excluding hydrogens is 665 g/mol. The number of thiophene rings is 1. The van der Waals surface area contributed by atoms with Crippen LogP contribution in [0.15, 0.2) is 30.5 Å². The number of halogens is 4. The van der Waals surface area contributed by atoms with E-state index in [2.05, 4.69) is 10.00 Å². The Morgan fingerprint density at radius 2 is 1.91 bits per heavy atom. The molecule has 0 radical (unpaired) electrons. The van der Waals surface area contributed by atoms with Crippen LogP contribution in [0.2, 0.25) is 4.34 Å². The molecular formula is C31H34ClF3N4O7S. The first kappa shape index (κ1) is 33.8. The number of fused-ring (bicyclic) bond motifs is 2. The summed E-state index contributed by atoms with van der Waals surface area (Å²) in [6, 6.07) is 5.97. The second kappa shape index (κ2) is 13.1. The molecule has 3 N–H and O–H groups in total. The van der Waals surface area contributed by atoms with Crippen molar-refractivity contribution in [1.82, 2.24) is 19.6 Å². The van der Waals surface area contributed by atoms with Crippen molar-refractivity contribution in [2.75, 3.05) is 26.2 Å². The van der Waals surface area contributed by atoms with E-state index in [1.54, 1.807) is 23.2 Å². The van der Waals surface area contributed by atoms with Crippen LogP contribution in [0.5, 0.6) is 0 Å². The van der Waals surface area contributed by atoms with Gasteiger partial charge in [-0.2, -0.15) is 13.9 Å². The number of likely N-dealkylation sites (tertiary alicyclic amines) is 2. The summed E-state index contributed by atoms with van der Waals surface area (Å²) >= 11 is 7.29. The summed E-state index contributed by atoms with van der Waals surface area (Å²) in [5, 5.41) is 32.9. The molecule has 2 fully saturated rings. The maximum absolute atomic E-state index is 15.4. The molecule has 1 aromatic carbocycles. The maximum Gasteiger partial charge on any atom is 0.339 e. The number of aliphatic hydroxyl groups excluding tert-OH is 2. The molecule has 1 spiro atoms. The second-order valence-corrected chi connectivity index (χ2v) is 13.9. The highest BCUT2D eigenvalue weighted by atomic mass is 35.5. The highest BCUT2D eigenvalue weighted by molar-refractivity contribution is 7.16. The normalized spacial score (nSPS) is 22.2. The zero-order chi connectivity index (χ0) is 33.7. The highest BCUT2D eigenvalue weighted by Gasteiger charge is 2.51. The fourth-order valence-corrected chi connectivity index (χ4v) is 8.01. The van der Waals surface area contributed by atoms with E-state index in [1.165, 1.54) is 16.8 Å². The number of ether oxygens (including phenoxy) is 2. The van der Waals surface area contributed by atoms with E-state index < -0.39 is 54.3 Å². The Labute approximate surface area is 277 Å².